The first-order valence-electron chi connectivity index (χ1n) is 7.87. The minimum Gasteiger partial charge on any atom is -0.406 e. The summed E-state index contributed by atoms with van der Waals surface area (Å²) in [6.07, 6.45) is -4.75. The number of aromatic amines is 1. The Labute approximate surface area is 151 Å². The van der Waals surface area contributed by atoms with Crippen molar-refractivity contribution in [3.63, 3.8) is 0 Å². The van der Waals surface area contributed by atoms with Crippen LogP contribution in [-0.2, 0) is 0 Å². The van der Waals surface area contributed by atoms with Crippen molar-refractivity contribution in [2.75, 3.05) is 13.1 Å². The molecule has 0 atom stereocenters. The summed E-state index contributed by atoms with van der Waals surface area (Å²) in [5.41, 5.74) is 2.79. The Hall–Kier alpha value is -2.67. The van der Waals surface area contributed by atoms with Gasteiger partial charge in [-0.05, 0) is 24.3 Å². The third kappa shape index (κ3) is 3.10. The molecule has 3 aromatic rings. The second-order valence-electron chi connectivity index (χ2n) is 5.77. The molecule has 0 aliphatic carbocycles. The number of rotatable bonds is 3. The van der Waals surface area contributed by atoms with E-state index in [1.165, 1.54) is 12.1 Å². The van der Waals surface area contributed by atoms with E-state index >= 15 is 0 Å². The minimum atomic E-state index is -4.75. The molecule has 0 spiro atoms. The Morgan fingerprint density at radius 2 is 1.92 bits per heavy atom. The van der Waals surface area contributed by atoms with Crippen LogP contribution in [0.2, 0.25) is 5.02 Å². The highest BCUT2D eigenvalue weighted by atomic mass is 35.5. The summed E-state index contributed by atoms with van der Waals surface area (Å²) in [5.74, 6) is 0.338. The van der Waals surface area contributed by atoms with E-state index in [9.17, 15) is 13.2 Å². The third-order valence-corrected chi connectivity index (χ3v) is 4.39. The van der Waals surface area contributed by atoms with E-state index in [1.54, 1.807) is 12.1 Å². The predicted octanol–water partition coefficient (Wildman–Crippen LogP) is 4.74. The molecular weight excluding hydrogens is 367 g/mol. The highest BCUT2D eigenvalue weighted by Crippen LogP contribution is 2.37. The standard InChI is InChI=1S/C18H13ClF3N3O/c19-13-4-2-1-3-11(13)16-15(17-23-7-8-24-17)12-9-10(26-18(20,21)22)5-6-14(12)25-16/h1-6,9,25H,7-8H2,(H,23,24). The molecule has 0 unspecified atom stereocenters. The van der Waals surface area contributed by atoms with Crippen molar-refractivity contribution in [1.82, 2.24) is 10.3 Å². The molecule has 2 aromatic carbocycles. The Kier molecular flexibility index (Phi) is 4.03. The maximum absolute atomic E-state index is 12.6. The van der Waals surface area contributed by atoms with Gasteiger partial charge in [0.2, 0.25) is 0 Å². The van der Waals surface area contributed by atoms with Crippen LogP contribution in [0.15, 0.2) is 47.5 Å². The van der Waals surface area contributed by atoms with Gasteiger partial charge in [-0.25, -0.2) is 0 Å². The quantitative estimate of drug-likeness (QED) is 0.690. The van der Waals surface area contributed by atoms with Crippen molar-refractivity contribution in [3.05, 3.63) is 53.1 Å². The van der Waals surface area contributed by atoms with Gasteiger partial charge in [-0.3, -0.25) is 4.99 Å². The summed E-state index contributed by atoms with van der Waals surface area (Å²) in [6, 6.07) is 11.4. The predicted molar refractivity (Wildman–Crippen MR) is 94.8 cm³/mol. The van der Waals surface area contributed by atoms with Crippen molar-refractivity contribution >= 4 is 28.3 Å². The first-order chi connectivity index (χ1) is 12.4. The van der Waals surface area contributed by atoms with E-state index in [1.807, 2.05) is 18.2 Å². The van der Waals surface area contributed by atoms with Crippen molar-refractivity contribution in [2.45, 2.75) is 6.36 Å². The molecular formula is C18H13ClF3N3O. The molecule has 0 radical (unpaired) electrons. The topological polar surface area (TPSA) is 49.4 Å². The summed E-state index contributed by atoms with van der Waals surface area (Å²) in [7, 11) is 0. The normalized spacial score (nSPS) is 14.4. The van der Waals surface area contributed by atoms with Crippen LogP contribution in [0.1, 0.15) is 5.56 Å². The summed E-state index contributed by atoms with van der Waals surface area (Å²) >= 11 is 6.33. The fraction of sp³-hybridized carbons (Fsp3) is 0.167. The lowest BCUT2D eigenvalue weighted by Gasteiger charge is -2.10. The highest BCUT2D eigenvalue weighted by molar-refractivity contribution is 6.33. The molecule has 0 saturated heterocycles. The van der Waals surface area contributed by atoms with Gasteiger partial charge in [0.15, 0.2) is 0 Å². The number of amidine groups is 1. The molecule has 1 aliphatic rings. The molecule has 8 heteroatoms. The highest BCUT2D eigenvalue weighted by Gasteiger charge is 2.31. The molecule has 2 heterocycles. The molecule has 26 heavy (non-hydrogen) atoms. The zero-order valence-corrected chi connectivity index (χ0v) is 14.1. The van der Waals surface area contributed by atoms with E-state index in [-0.39, 0.29) is 5.75 Å². The number of aliphatic imine (C=N–C) groups is 1. The van der Waals surface area contributed by atoms with E-state index in [0.717, 1.165) is 5.56 Å². The zero-order chi connectivity index (χ0) is 18.3. The van der Waals surface area contributed by atoms with Crippen molar-refractivity contribution in [2.24, 2.45) is 4.99 Å². The van der Waals surface area contributed by atoms with Crippen LogP contribution in [0.25, 0.3) is 22.2 Å². The van der Waals surface area contributed by atoms with Gasteiger partial charge in [0, 0.05) is 28.0 Å². The Balaban J connectivity index is 1.94. The first kappa shape index (κ1) is 16.8. The number of hydrogen-bond acceptors (Lipinski definition) is 3. The zero-order valence-electron chi connectivity index (χ0n) is 13.3. The number of nitrogens with zero attached hydrogens (tertiary/aromatic N) is 1. The van der Waals surface area contributed by atoms with Crippen LogP contribution >= 0.6 is 11.6 Å². The van der Waals surface area contributed by atoms with Crippen molar-refractivity contribution in [1.29, 1.82) is 0 Å². The van der Waals surface area contributed by atoms with Crippen molar-refractivity contribution in [3.8, 4) is 17.0 Å². The Morgan fingerprint density at radius 3 is 2.62 bits per heavy atom. The van der Waals surface area contributed by atoms with Crippen molar-refractivity contribution < 1.29 is 17.9 Å². The molecule has 0 saturated carbocycles. The number of fused-ring (bicyclic) bond motifs is 1. The number of nitrogens with one attached hydrogen (secondary N) is 2. The van der Waals surface area contributed by atoms with Gasteiger partial charge in [-0.15, -0.1) is 13.2 Å². The van der Waals surface area contributed by atoms with Crippen LogP contribution in [0.5, 0.6) is 5.75 Å². The molecule has 4 rings (SSSR count). The average Bonchev–Trinajstić information content (AvgIpc) is 3.20. The molecule has 1 aromatic heterocycles. The van der Waals surface area contributed by atoms with Crippen LogP contribution in [0, 0.1) is 0 Å². The number of halogens is 4. The maximum Gasteiger partial charge on any atom is 0.573 e. The number of hydrogen-bond donors (Lipinski definition) is 2. The van der Waals surface area contributed by atoms with Crippen LogP contribution in [-0.4, -0.2) is 30.3 Å². The lowest BCUT2D eigenvalue weighted by atomic mass is 10.0. The van der Waals surface area contributed by atoms with Crippen LogP contribution in [0.4, 0.5) is 13.2 Å². The average molecular weight is 380 g/mol. The number of ether oxygens (including phenoxy) is 1. The van der Waals surface area contributed by atoms with E-state index in [2.05, 4.69) is 20.0 Å². The SMILES string of the molecule is FC(F)(F)Oc1ccc2[nH]c(-c3ccccc3Cl)c(C3=NCCN3)c2c1. The number of alkyl halides is 3. The summed E-state index contributed by atoms with van der Waals surface area (Å²) in [5, 5.41) is 4.28. The van der Waals surface area contributed by atoms with Gasteiger partial charge in [0.25, 0.3) is 0 Å². The first-order valence-corrected chi connectivity index (χ1v) is 8.25. The summed E-state index contributed by atoms with van der Waals surface area (Å²) < 4.78 is 41.8. The molecule has 2 N–H and O–H groups in total. The van der Waals surface area contributed by atoms with Crippen LogP contribution < -0.4 is 10.1 Å². The largest absolute Gasteiger partial charge is 0.573 e. The molecule has 1 aliphatic heterocycles. The number of H-pyrrole nitrogens is 1. The van der Waals surface area contributed by atoms with E-state index < -0.39 is 6.36 Å². The number of aromatic nitrogens is 1. The Morgan fingerprint density at radius 1 is 1.12 bits per heavy atom. The second kappa shape index (κ2) is 6.25. The van der Waals surface area contributed by atoms with Gasteiger partial charge < -0.3 is 15.0 Å². The molecule has 134 valence electrons. The van der Waals surface area contributed by atoms with Crippen LogP contribution in [0.3, 0.4) is 0 Å². The molecule has 0 amide bonds. The fourth-order valence-corrected chi connectivity index (χ4v) is 3.28. The maximum atomic E-state index is 12.6. The lowest BCUT2D eigenvalue weighted by Crippen LogP contribution is -2.20. The van der Waals surface area contributed by atoms with E-state index in [0.29, 0.717) is 46.1 Å². The molecule has 4 nitrogen and oxygen atoms in total. The third-order valence-electron chi connectivity index (χ3n) is 4.06. The Bertz CT molecular complexity index is 1010. The summed E-state index contributed by atoms with van der Waals surface area (Å²) in [6.45, 7) is 1.27. The molecule has 0 fully saturated rings. The number of benzene rings is 2. The van der Waals surface area contributed by atoms with E-state index in [4.69, 9.17) is 11.6 Å². The smallest absolute Gasteiger partial charge is 0.406 e. The fourth-order valence-electron chi connectivity index (χ4n) is 3.05. The lowest BCUT2D eigenvalue weighted by molar-refractivity contribution is -0.274. The second-order valence-corrected chi connectivity index (χ2v) is 6.17. The van der Waals surface area contributed by atoms with Gasteiger partial charge in [-0.2, -0.15) is 0 Å². The van der Waals surface area contributed by atoms with Gasteiger partial charge in [0.1, 0.15) is 11.6 Å². The van der Waals surface area contributed by atoms with Gasteiger partial charge >= 0.3 is 6.36 Å². The van der Waals surface area contributed by atoms with Gasteiger partial charge in [0.05, 0.1) is 17.8 Å². The molecule has 0 bridgehead atoms. The van der Waals surface area contributed by atoms with Gasteiger partial charge in [-0.1, -0.05) is 29.8 Å². The summed E-state index contributed by atoms with van der Waals surface area (Å²) in [4.78, 5) is 7.67. The minimum absolute atomic E-state index is 0.283. The monoisotopic (exact) mass is 379 g/mol.